The molecule has 1 amide bonds. The van der Waals surface area contributed by atoms with E-state index in [1.807, 2.05) is 0 Å². The van der Waals surface area contributed by atoms with Crippen molar-refractivity contribution in [3.63, 3.8) is 0 Å². The molecule has 0 aromatic carbocycles. The zero-order valence-electron chi connectivity index (χ0n) is 12.0. The first-order chi connectivity index (χ1) is 9.54. The van der Waals surface area contributed by atoms with Crippen molar-refractivity contribution in [3.8, 4) is 0 Å². The standard InChI is InChI=1S/C13H20N4O3.ClH/c1-15-11(18)5-7-16(13(15)20)9-12(19)17-6-3-2-4-10(17)8-14;/h5,7,10H,2-4,6,8-9,14H2,1H3;1H. The molecule has 2 N–H and O–H groups in total. The number of halogens is 1. The summed E-state index contributed by atoms with van der Waals surface area (Å²) in [6.07, 6.45) is 4.31. The lowest BCUT2D eigenvalue weighted by atomic mass is 10.0. The van der Waals surface area contributed by atoms with Gasteiger partial charge < -0.3 is 10.6 Å². The number of nitrogens with zero attached hydrogens (tertiary/aromatic N) is 3. The minimum absolute atomic E-state index is 0. The van der Waals surface area contributed by atoms with E-state index in [0.29, 0.717) is 13.1 Å². The molecule has 2 heterocycles. The van der Waals surface area contributed by atoms with Crippen molar-refractivity contribution in [2.24, 2.45) is 12.8 Å². The second-order valence-corrected chi connectivity index (χ2v) is 5.10. The SMILES string of the molecule is Cl.Cn1c(=O)ccn(CC(=O)N2CCCCC2CN)c1=O. The maximum absolute atomic E-state index is 12.3. The predicted octanol–water partition coefficient (Wildman–Crippen LogP) is -0.691. The molecule has 1 aromatic rings. The molecule has 8 heteroatoms. The van der Waals surface area contributed by atoms with Crippen molar-refractivity contribution in [1.29, 1.82) is 0 Å². The summed E-state index contributed by atoms with van der Waals surface area (Å²) >= 11 is 0. The summed E-state index contributed by atoms with van der Waals surface area (Å²) in [5.41, 5.74) is 4.83. The van der Waals surface area contributed by atoms with E-state index >= 15 is 0 Å². The lowest BCUT2D eigenvalue weighted by molar-refractivity contribution is -0.135. The molecular formula is C13H21ClN4O3. The molecule has 1 aromatic heterocycles. The molecule has 1 saturated heterocycles. The molecule has 0 saturated carbocycles. The zero-order chi connectivity index (χ0) is 14.7. The van der Waals surface area contributed by atoms with Crippen molar-refractivity contribution in [2.45, 2.75) is 31.8 Å². The maximum Gasteiger partial charge on any atom is 0.331 e. The molecule has 1 unspecified atom stereocenters. The highest BCUT2D eigenvalue weighted by molar-refractivity contribution is 5.85. The van der Waals surface area contributed by atoms with Crippen molar-refractivity contribution < 1.29 is 4.79 Å². The van der Waals surface area contributed by atoms with Crippen LogP contribution in [0.3, 0.4) is 0 Å². The largest absolute Gasteiger partial charge is 0.337 e. The quantitative estimate of drug-likeness (QED) is 0.799. The Morgan fingerprint density at radius 3 is 2.76 bits per heavy atom. The van der Waals surface area contributed by atoms with Crippen LogP contribution in [0.1, 0.15) is 19.3 Å². The topological polar surface area (TPSA) is 90.3 Å². The van der Waals surface area contributed by atoms with Gasteiger partial charge in [-0.25, -0.2) is 4.79 Å². The van der Waals surface area contributed by atoms with Gasteiger partial charge in [0, 0.05) is 38.4 Å². The Hall–Kier alpha value is -1.60. The third kappa shape index (κ3) is 3.74. The Bertz CT molecular complexity index is 610. The van der Waals surface area contributed by atoms with E-state index in [-0.39, 0.29) is 36.5 Å². The number of piperidine rings is 1. The Kier molecular flexibility index (Phi) is 6.17. The van der Waals surface area contributed by atoms with Crippen LogP contribution in [0.15, 0.2) is 21.9 Å². The number of carbonyl (C=O) groups excluding carboxylic acids is 1. The lowest BCUT2D eigenvalue weighted by Crippen LogP contribution is -2.49. The van der Waals surface area contributed by atoms with Crippen molar-refractivity contribution in [2.75, 3.05) is 13.1 Å². The first kappa shape index (κ1) is 17.5. The molecule has 118 valence electrons. The second-order valence-electron chi connectivity index (χ2n) is 5.10. The summed E-state index contributed by atoms with van der Waals surface area (Å²) in [6, 6.07) is 1.34. The van der Waals surface area contributed by atoms with Crippen LogP contribution in [0.5, 0.6) is 0 Å². The number of carbonyl (C=O) groups is 1. The number of hydrogen-bond acceptors (Lipinski definition) is 4. The van der Waals surface area contributed by atoms with Crippen LogP contribution in [0.4, 0.5) is 0 Å². The number of amides is 1. The number of rotatable bonds is 3. The van der Waals surface area contributed by atoms with E-state index in [4.69, 9.17) is 5.73 Å². The van der Waals surface area contributed by atoms with Gasteiger partial charge in [-0.2, -0.15) is 0 Å². The van der Waals surface area contributed by atoms with Crippen molar-refractivity contribution in [3.05, 3.63) is 33.1 Å². The Labute approximate surface area is 128 Å². The molecule has 2 rings (SSSR count). The first-order valence-electron chi connectivity index (χ1n) is 6.80. The van der Waals surface area contributed by atoms with Gasteiger partial charge in [0.05, 0.1) is 0 Å². The van der Waals surface area contributed by atoms with E-state index in [9.17, 15) is 14.4 Å². The molecule has 1 fully saturated rings. The monoisotopic (exact) mass is 316 g/mol. The fourth-order valence-corrected chi connectivity index (χ4v) is 2.55. The second kappa shape index (κ2) is 7.42. The Morgan fingerprint density at radius 2 is 2.10 bits per heavy atom. The summed E-state index contributed by atoms with van der Waals surface area (Å²) < 4.78 is 2.25. The Balaban J connectivity index is 0.00000220. The molecular weight excluding hydrogens is 296 g/mol. The third-order valence-electron chi connectivity index (χ3n) is 3.79. The van der Waals surface area contributed by atoms with Crippen LogP contribution in [-0.4, -0.2) is 39.1 Å². The summed E-state index contributed by atoms with van der Waals surface area (Å²) in [7, 11) is 1.40. The summed E-state index contributed by atoms with van der Waals surface area (Å²) in [5.74, 6) is -0.124. The maximum atomic E-state index is 12.3. The fourth-order valence-electron chi connectivity index (χ4n) is 2.55. The lowest BCUT2D eigenvalue weighted by Gasteiger charge is -2.35. The molecule has 1 aliphatic rings. The predicted molar refractivity (Wildman–Crippen MR) is 81.6 cm³/mol. The molecule has 1 aliphatic heterocycles. The van der Waals surface area contributed by atoms with Crippen LogP contribution in [0.25, 0.3) is 0 Å². The van der Waals surface area contributed by atoms with Crippen LogP contribution in [0, 0.1) is 0 Å². The summed E-state index contributed by atoms with van der Waals surface area (Å²) in [4.78, 5) is 37.3. The third-order valence-corrected chi connectivity index (χ3v) is 3.79. The van der Waals surface area contributed by atoms with E-state index in [1.165, 1.54) is 23.9 Å². The number of hydrogen-bond donors (Lipinski definition) is 1. The van der Waals surface area contributed by atoms with Gasteiger partial charge in [-0.05, 0) is 19.3 Å². The minimum atomic E-state index is -0.479. The van der Waals surface area contributed by atoms with Gasteiger partial charge in [-0.15, -0.1) is 12.4 Å². The number of aromatic nitrogens is 2. The zero-order valence-corrected chi connectivity index (χ0v) is 12.8. The van der Waals surface area contributed by atoms with Gasteiger partial charge >= 0.3 is 5.69 Å². The van der Waals surface area contributed by atoms with Gasteiger partial charge in [0.1, 0.15) is 6.54 Å². The van der Waals surface area contributed by atoms with Gasteiger partial charge in [0.2, 0.25) is 5.91 Å². The van der Waals surface area contributed by atoms with Crippen LogP contribution >= 0.6 is 12.4 Å². The van der Waals surface area contributed by atoms with E-state index in [1.54, 1.807) is 4.90 Å². The number of likely N-dealkylation sites (tertiary alicyclic amines) is 1. The smallest absolute Gasteiger partial charge is 0.331 e. The molecule has 0 spiro atoms. The van der Waals surface area contributed by atoms with Gasteiger partial charge in [-0.3, -0.25) is 18.7 Å². The normalized spacial score (nSPS) is 18.2. The van der Waals surface area contributed by atoms with Crippen LogP contribution in [-0.2, 0) is 18.4 Å². The molecule has 1 atom stereocenters. The molecule has 0 bridgehead atoms. The van der Waals surface area contributed by atoms with E-state index in [0.717, 1.165) is 23.8 Å². The van der Waals surface area contributed by atoms with Crippen LogP contribution < -0.4 is 17.0 Å². The first-order valence-corrected chi connectivity index (χ1v) is 6.80. The average Bonchev–Trinajstić information content (AvgIpc) is 2.47. The van der Waals surface area contributed by atoms with Crippen molar-refractivity contribution in [1.82, 2.24) is 14.0 Å². The fraction of sp³-hybridized carbons (Fsp3) is 0.615. The molecule has 0 aliphatic carbocycles. The highest BCUT2D eigenvalue weighted by Gasteiger charge is 2.25. The average molecular weight is 317 g/mol. The minimum Gasteiger partial charge on any atom is -0.337 e. The molecule has 7 nitrogen and oxygen atoms in total. The molecule has 21 heavy (non-hydrogen) atoms. The van der Waals surface area contributed by atoms with Gasteiger partial charge in [0.25, 0.3) is 5.56 Å². The Morgan fingerprint density at radius 1 is 1.38 bits per heavy atom. The number of nitrogens with two attached hydrogens (primary N) is 1. The van der Waals surface area contributed by atoms with E-state index < -0.39 is 5.69 Å². The highest BCUT2D eigenvalue weighted by Crippen LogP contribution is 2.16. The molecule has 0 radical (unpaired) electrons. The van der Waals surface area contributed by atoms with Gasteiger partial charge in [0.15, 0.2) is 0 Å². The highest BCUT2D eigenvalue weighted by atomic mass is 35.5. The van der Waals surface area contributed by atoms with Crippen molar-refractivity contribution >= 4 is 18.3 Å². The van der Waals surface area contributed by atoms with E-state index in [2.05, 4.69) is 0 Å². The summed E-state index contributed by atoms with van der Waals surface area (Å²) in [6.45, 7) is 1.07. The van der Waals surface area contributed by atoms with Gasteiger partial charge in [-0.1, -0.05) is 0 Å². The summed E-state index contributed by atoms with van der Waals surface area (Å²) in [5, 5.41) is 0. The van der Waals surface area contributed by atoms with Crippen LogP contribution in [0.2, 0.25) is 0 Å².